The van der Waals surface area contributed by atoms with Crippen molar-refractivity contribution in [3.05, 3.63) is 23.2 Å². The lowest BCUT2D eigenvalue weighted by Crippen LogP contribution is -2.12. The Bertz CT molecular complexity index is 364. The van der Waals surface area contributed by atoms with E-state index in [1.54, 1.807) is 7.11 Å². The Labute approximate surface area is 107 Å². The lowest BCUT2D eigenvalue weighted by atomic mass is 10.2. The van der Waals surface area contributed by atoms with Gasteiger partial charge in [-0.25, -0.2) is 0 Å². The minimum atomic E-state index is 0.410. The van der Waals surface area contributed by atoms with Gasteiger partial charge in [-0.3, -0.25) is 0 Å². The van der Waals surface area contributed by atoms with Crippen molar-refractivity contribution >= 4 is 17.3 Å². The van der Waals surface area contributed by atoms with Crippen LogP contribution in [0.25, 0.3) is 0 Å². The fourth-order valence-corrected chi connectivity index (χ4v) is 2.23. The van der Waals surface area contributed by atoms with Gasteiger partial charge in [0.05, 0.1) is 18.9 Å². The van der Waals surface area contributed by atoms with Gasteiger partial charge in [0, 0.05) is 18.2 Å². The Balaban J connectivity index is 1.86. The maximum absolute atomic E-state index is 5.96. The lowest BCUT2D eigenvalue weighted by Gasteiger charge is -2.13. The third-order valence-electron chi connectivity index (χ3n) is 2.97. The summed E-state index contributed by atoms with van der Waals surface area (Å²) in [5.74, 6) is 0.821. The van der Waals surface area contributed by atoms with Crippen LogP contribution in [0.4, 0.5) is 5.69 Å². The number of anilines is 1. The van der Waals surface area contributed by atoms with Crippen LogP contribution < -0.4 is 10.1 Å². The number of methoxy groups -OCH3 is 1. The number of benzene rings is 1. The number of halogens is 1. The van der Waals surface area contributed by atoms with Gasteiger partial charge < -0.3 is 14.8 Å². The number of hydrogen-bond acceptors (Lipinski definition) is 3. The molecule has 1 fully saturated rings. The van der Waals surface area contributed by atoms with Gasteiger partial charge in [-0.05, 0) is 37.5 Å². The highest BCUT2D eigenvalue weighted by atomic mass is 35.5. The molecule has 1 atom stereocenters. The predicted molar refractivity (Wildman–Crippen MR) is 70.1 cm³/mol. The molecule has 17 heavy (non-hydrogen) atoms. The zero-order chi connectivity index (χ0) is 12.1. The van der Waals surface area contributed by atoms with Crippen LogP contribution in [0.5, 0.6) is 5.75 Å². The third-order valence-corrected chi connectivity index (χ3v) is 3.20. The molecule has 0 radical (unpaired) electrons. The monoisotopic (exact) mass is 255 g/mol. The number of ether oxygens (including phenoxy) is 2. The summed E-state index contributed by atoms with van der Waals surface area (Å²) in [6.45, 7) is 1.78. The summed E-state index contributed by atoms with van der Waals surface area (Å²) in [6, 6.07) is 5.58. The summed E-state index contributed by atoms with van der Waals surface area (Å²) < 4.78 is 10.8. The van der Waals surface area contributed by atoms with Crippen LogP contribution in [0.1, 0.15) is 19.3 Å². The summed E-state index contributed by atoms with van der Waals surface area (Å²) in [5, 5.41) is 4.06. The first-order valence-electron chi connectivity index (χ1n) is 5.98. The highest BCUT2D eigenvalue weighted by Crippen LogP contribution is 2.27. The Kier molecular flexibility index (Phi) is 4.51. The molecule has 0 spiro atoms. The van der Waals surface area contributed by atoms with Crippen molar-refractivity contribution < 1.29 is 9.47 Å². The van der Waals surface area contributed by atoms with Crippen LogP contribution in [0.2, 0.25) is 5.02 Å². The maximum Gasteiger partial charge on any atom is 0.142 e. The zero-order valence-electron chi connectivity index (χ0n) is 10.0. The van der Waals surface area contributed by atoms with E-state index in [4.69, 9.17) is 21.1 Å². The Morgan fingerprint density at radius 3 is 3.12 bits per heavy atom. The van der Waals surface area contributed by atoms with Crippen LogP contribution in [0, 0.1) is 0 Å². The lowest BCUT2D eigenvalue weighted by molar-refractivity contribution is 0.107. The van der Waals surface area contributed by atoms with E-state index in [2.05, 4.69) is 5.32 Å². The quantitative estimate of drug-likeness (QED) is 0.876. The van der Waals surface area contributed by atoms with Crippen molar-refractivity contribution in [2.45, 2.75) is 25.4 Å². The third kappa shape index (κ3) is 3.51. The summed E-state index contributed by atoms with van der Waals surface area (Å²) in [6.07, 6.45) is 3.79. The first kappa shape index (κ1) is 12.5. The molecule has 0 aliphatic carbocycles. The van der Waals surface area contributed by atoms with Gasteiger partial charge in [0.15, 0.2) is 0 Å². The average molecular weight is 256 g/mol. The fraction of sp³-hybridized carbons (Fsp3) is 0.538. The molecular weight excluding hydrogens is 238 g/mol. The molecule has 2 rings (SSSR count). The molecule has 0 aromatic heterocycles. The topological polar surface area (TPSA) is 30.5 Å². The molecule has 94 valence electrons. The van der Waals surface area contributed by atoms with Crippen molar-refractivity contribution in [1.82, 2.24) is 0 Å². The van der Waals surface area contributed by atoms with Gasteiger partial charge in [-0.15, -0.1) is 0 Å². The van der Waals surface area contributed by atoms with E-state index < -0.39 is 0 Å². The predicted octanol–water partition coefficient (Wildman–Crippen LogP) is 3.33. The molecule has 1 N–H and O–H groups in total. The minimum absolute atomic E-state index is 0.410. The zero-order valence-corrected chi connectivity index (χ0v) is 10.8. The highest BCUT2D eigenvalue weighted by molar-refractivity contribution is 6.30. The Hall–Kier alpha value is -0.930. The van der Waals surface area contributed by atoms with Crippen LogP contribution >= 0.6 is 11.6 Å². The molecule has 3 nitrogen and oxygen atoms in total. The Morgan fingerprint density at radius 2 is 2.41 bits per heavy atom. The normalized spacial score (nSPS) is 19.3. The largest absolute Gasteiger partial charge is 0.495 e. The molecule has 1 saturated heterocycles. The first-order chi connectivity index (χ1) is 8.29. The summed E-state index contributed by atoms with van der Waals surface area (Å²) in [4.78, 5) is 0. The number of rotatable bonds is 5. The maximum atomic E-state index is 5.96. The smallest absolute Gasteiger partial charge is 0.142 e. The second kappa shape index (κ2) is 6.12. The van der Waals surface area contributed by atoms with Gasteiger partial charge in [0.1, 0.15) is 5.75 Å². The van der Waals surface area contributed by atoms with Gasteiger partial charge >= 0.3 is 0 Å². The van der Waals surface area contributed by atoms with Crippen molar-refractivity contribution in [2.24, 2.45) is 0 Å². The number of nitrogens with one attached hydrogen (secondary N) is 1. The van der Waals surface area contributed by atoms with Crippen molar-refractivity contribution in [2.75, 3.05) is 25.6 Å². The summed E-state index contributed by atoms with van der Waals surface area (Å²) in [5.41, 5.74) is 0.943. The van der Waals surface area contributed by atoms with Crippen LogP contribution in [0.15, 0.2) is 18.2 Å². The molecule has 1 aliphatic rings. The van der Waals surface area contributed by atoms with E-state index in [0.29, 0.717) is 11.1 Å². The van der Waals surface area contributed by atoms with Crippen LogP contribution in [0.3, 0.4) is 0 Å². The molecule has 1 heterocycles. The van der Waals surface area contributed by atoms with Gasteiger partial charge in [0.25, 0.3) is 0 Å². The molecule has 1 aromatic carbocycles. The molecule has 1 aromatic rings. The van der Waals surface area contributed by atoms with E-state index >= 15 is 0 Å². The van der Waals surface area contributed by atoms with Crippen molar-refractivity contribution in [3.63, 3.8) is 0 Å². The minimum Gasteiger partial charge on any atom is -0.495 e. The van der Waals surface area contributed by atoms with Gasteiger partial charge in [0.2, 0.25) is 0 Å². The summed E-state index contributed by atoms with van der Waals surface area (Å²) >= 11 is 5.96. The van der Waals surface area contributed by atoms with E-state index in [1.165, 1.54) is 12.8 Å². The van der Waals surface area contributed by atoms with Crippen LogP contribution in [-0.2, 0) is 4.74 Å². The van der Waals surface area contributed by atoms with Gasteiger partial charge in [-0.2, -0.15) is 0 Å². The standard InChI is InChI=1S/C13H18ClNO2/c1-16-13-5-4-10(14)9-12(13)15-7-6-11-3-2-8-17-11/h4-5,9,11,15H,2-3,6-8H2,1H3. The molecule has 1 aliphatic heterocycles. The molecular formula is C13H18ClNO2. The SMILES string of the molecule is COc1ccc(Cl)cc1NCCC1CCCO1. The molecule has 1 unspecified atom stereocenters. The molecule has 0 saturated carbocycles. The van der Waals surface area contributed by atoms with E-state index in [0.717, 1.165) is 31.0 Å². The summed E-state index contributed by atoms with van der Waals surface area (Å²) in [7, 11) is 1.66. The van der Waals surface area contributed by atoms with Crippen molar-refractivity contribution in [3.8, 4) is 5.75 Å². The van der Waals surface area contributed by atoms with E-state index in [9.17, 15) is 0 Å². The molecule has 0 amide bonds. The van der Waals surface area contributed by atoms with Crippen LogP contribution in [-0.4, -0.2) is 26.4 Å². The van der Waals surface area contributed by atoms with E-state index in [-0.39, 0.29) is 0 Å². The molecule has 0 bridgehead atoms. The highest BCUT2D eigenvalue weighted by Gasteiger charge is 2.14. The number of hydrogen-bond donors (Lipinski definition) is 1. The second-order valence-corrected chi connectivity index (χ2v) is 4.63. The Morgan fingerprint density at radius 1 is 1.53 bits per heavy atom. The fourth-order valence-electron chi connectivity index (χ4n) is 2.06. The second-order valence-electron chi connectivity index (χ2n) is 4.20. The first-order valence-corrected chi connectivity index (χ1v) is 6.36. The van der Waals surface area contributed by atoms with Gasteiger partial charge in [-0.1, -0.05) is 11.6 Å². The molecule has 4 heteroatoms. The van der Waals surface area contributed by atoms with Crippen molar-refractivity contribution in [1.29, 1.82) is 0 Å². The van der Waals surface area contributed by atoms with E-state index in [1.807, 2.05) is 18.2 Å². The average Bonchev–Trinajstić information content (AvgIpc) is 2.82.